The highest BCUT2D eigenvalue weighted by molar-refractivity contribution is 6.06. The van der Waals surface area contributed by atoms with Crippen LogP contribution in [0, 0.1) is 0 Å². The Morgan fingerprint density at radius 3 is 2.33 bits per heavy atom. The topological polar surface area (TPSA) is 30.2 Å². The summed E-state index contributed by atoms with van der Waals surface area (Å²) in [6, 6.07) is 23.8. The summed E-state index contributed by atoms with van der Waals surface area (Å²) in [6.07, 6.45) is 0. The predicted octanol–water partition coefficient (Wildman–Crippen LogP) is 4.61. The highest BCUT2D eigenvalue weighted by Gasteiger charge is 2.04. The van der Waals surface area contributed by atoms with Gasteiger partial charge in [-0.25, -0.2) is 4.79 Å². The fourth-order valence-electron chi connectivity index (χ4n) is 2.70. The lowest BCUT2D eigenvalue weighted by atomic mass is 9.99. The summed E-state index contributed by atoms with van der Waals surface area (Å²) in [4.78, 5) is 11.3. The summed E-state index contributed by atoms with van der Waals surface area (Å²) >= 11 is 0. The van der Waals surface area contributed by atoms with Gasteiger partial charge in [0.15, 0.2) is 0 Å². The van der Waals surface area contributed by atoms with Gasteiger partial charge in [0, 0.05) is 11.5 Å². The second-order valence-electron chi connectivity index (χ2n) is 5.03. The Hall–Kier alpha value is -2.87. The Balaban J connectivity index is 1.99. The largest absolute Gasteiger partial charge is 0.423 e. The first-order chi connectivity index (χ1) is 10.3. The van der Waals surface area contributed by atoms with Crippen LogP contribution in [-0.2, 0) is 0 Å². The van der Waals surface area contributed by atoms with Crippen molar-refractivity contribution in [2.45, 2.75) is 0 Å². The van der Waals surface area contributed by atoms with Gasteiger partial charge in [-0.3, -0.25) is 0 Å². The Labute approximate surface area is 121 Å². The van der Waals surface area contributed by atoms with E-state index in [2.05, 4.69) is 30.3 Å². The zero-order valence-electron chi connectivity index (χ0n) is 11.2. The van der Waals surface area contributed by atoms with Gasteiger partial charge in [-0.2, -0.15) is 0 Å². The molecular weight excluding hydrogens is 260 g/mol. The second-order valence-corrected chi connectivity index (χ2v) is 5.03. The SMILES string of the molecule is O=c1ccc2c(ccc3cc(-c4ccccc4)ccc32)o1. The average Bonchev–Trinajstić information content (AvgIpc) is 2.54. The second kappa shape index (κ2) is 4.60. The van der Waals surface area contributed by atoms with Crippen LogP contribution < -0.4 is 5.63 Å². The minimum absolute atomic E-state index is 0.317. The maximum Gasteiger partial charge on any atom is 0.336 e. The lowest BCUT2D eigenvalue weighted by Crippen LogP contribution is -1.94. The molecule has 0 N–H and O–H groups in total. The van der Waals surface area contributed by atoms with Crippen LogP contribution in [0.25, 0.3) is 32.9 Å². The quantitative estimate of drug-likeness (QED) is 0.374. The first kappa shape index (κ1) is 11.9. The van der Waals surface area contributed by atoms with Crippen LogP contribution in [0.4, 0.5) is 0 Å². The van der Waals surface area contributed by atoms with Crippen molar-refractivity contribution in [2.24, 2.45) is 0 Å². The zero-order valence-corrected chi connectivity index (χ0v) is 11.2. The lowest BCUT2D eigenvalue weighted by molar-refractivity contribution is 0.561. The van der Waals surface area contributed by atoms with E-state index in [0.717, 1.165) is 16.2 Å². The van der Waals surface area contributed by atoms with Crippen molar-refractivity contribution >= 4 is 21.7 Å². The van der Waals surface area contributed by atoms with Crippen LogP contribution in [-0.4, -0.2) is 0 Å². The van der Waals surface area contributed by atoms with E-state index in [1.807, 2.05) is 36.4 Å². The number of fused-ring (bicyclic) bond motifs is 3. The van der Waals surface area contributed by atoms with Crippen LogP contribution in [0.1, 0.15) is 0 Å². The Morgan fingerprint density at radius 1 is 0.667 bits per heavy atom. The molecule has 21 heavy (non-hydrogen) atoms. The lowest BCUT2D eigenvalue weighted by Gasteiger charge is -2.06. The molecule has 0 saturated heterocycles. The molecule has 0 aliphatic rings. The summed E-state index contributed by atoms with van der Waals surface area (Å²) in [5, 5.41) is 3.19. The third-order valence-electron chi connectivity index (χ3n) is 3.73. The number of benzene rings is 3. The predicted molar refractivity (Wildman–Crippen MR) is 85.4 cm³/mol. The van der Waals surface area contributed by atoms with Crippen molar-refractivity contribution in [3.05, 3.63) is 83.2 Å². The third-order valence-corrected chi connectivity index (χ3v) is 3.73. The number of hydrogen-bond acceptors (Lipinski definition) is 2. The van der Waals surface area contributed by atoms with Gasteiger partial charge in [-0.15, -0.1) is 0 Å². The molecule has 4 rings (SSSR count). The molecule has 100 valence electrons. The molecule has 0 radical (unpaired) electrons. The molecule has 0 saturated carbocycles. The maximum absolute atomic E-state index is 11.3. The van der Waals surface area contributed by atoms with E-state index >= 15 is 0 Å². The first-order valence-corrected chi connectivity index (χ1v) is 6.83. The van der Waals surface area contributed by atoms with Crippen LogP contribution in [0.5, 0.6) is 0 Å². The van der Waals surface area contributed by atoms with Gasteiger partial charge in [-0.1, -0.05) is 48.5 Å². The molecule has 1 heterocycles. The Morgan fingerprint density at radius 2 is 1.48 bits per heavy atom. The molecule has 0 amide bonds. The van der Waals surface area contributed by atoms with Crippen molar-refractivity contribution in [3.63, 3.8) is 0 Å². The summed E-state index contributed by atoms with van der Waals surface area (Å²) in [5.74, 6) is 0. The zero-order chi connectivity index (χ0) is 14.2. The van der Waals surface area contributed by atoms with Crippen LogP contribution in [0.15, 0.2) is 82.0 Å². The molecule has 4 aromatic rings. The van der Waals surface area contributed by atoms with Gasteiger partial charge < -0.3 is 4.42 Å². The summed E-state index contributed by atoms with van der Waals surface area (Å²) in [6.45, 7) is 0. The minimum atomic E-state index is -0.317. The van der Waals surface area contributed by atoms with Crippen LogP contribution in [0.2, 0.25) is 0 Å². The average molecular weight is 272 g/mol. The standard InChI is InChI=1S/C19H12O2/c20-19-11-9-17-16-8-6-14(13-4-2-1-3-5-13)12-15(16)7-10-18(17)21-19/h1-12H. The van der Waals surface area contributed by atoms with Crippen molar-refractivity contribution < 1.29 is 4.42 Å². The normalized spacial score (nSPS) is 11.0. The van der Waals surface area contributed by atoms with Crippen molar-refractivity contribution in [3.8, 4) is 11.1 Å². The first-order valence-electron chi connectivity index (χ1n) is 6.83. The summed E-state index contributed by atoms with van der Waals surface area (Å²) < 4.78 is 5.23. The molecular formula is C19H12O2. The molecule has 1 aromatic heterocycles. The molecule has 3 aromatic carbocycles. The smallest absolute Gasteiger partial charge is 0.336 e. The van der Waals surface area contributed by atoms with Gasteiger partial charge in [0.2, 0.25) is 0 Å². The van der Waals surface area contributed by atoms with E-state index in [1.54, 1.807) is 0 Å². The molecule has 2 heteroatoms. The van der Waals surface area contributed by atoms with Gasteiger partial charge in [0.05, 0.1) is 0 Å². The molecule has 2 nitrogen and oxygen atoms in total. The summed E-state index contributed by atoms with van der Waals surface area (Å²) in [5.41, 5.74) is 2.68. The van der Waals surface area contributed by atoms with Gasteiger partial charge in [-0.05, 0) is 40.1 Å². The van der Waals surface area contributed by atoms with E-state index in [0.29, 0.717) is 5.58 Å². The molecule has 0 unspecified atom stereocenters. The number of hydrogen-bond donors (Lipinski definition) is 0. The fourth-order valence-corrected chi connectivity index (χ4v) is 2.70. The van der Waals surface area contributed by atoms with Gasteiger partial charge in [0.25, 0.3) is 0 Å². The van der Waals surface area contributed by atoms with E-state index in [9.17, 15) is 4.79 Å². The Bertz CT molecular complexity index is 998. The van der Waals surface area contributed by atoms with E-state index in [4.69, 9.17) is 4.42 Å². The Kier molecular flexibility index (Phi) is 2.61. The van der Waals surface area contributed by atoms with Crippen molar-refractivity contribution in [1.82, 2.24) is 0 Å². The van der Waals surface area contributed by atoms with E-state index < -0.39 is 0 Å². The minimum Gasteiger partial charge on any atom is -0.423 e. The third kappa shape index (κ3) is 2.01. The fraction of sp³-hybridized carbons (Fsp3) is 0. The molecule has 0 aliphatic carbocycles. The summed E-state index contributed by atoms with van der Waals surface area (Å²) in [7, 11) is 0. The van der Waals surface area contributed by atoms with Crippen molar-refractivity contribution in [1.29, 1.82) is 0 Å². The molecule has 0 bridgehead atoms. The number of rotatable bonds is 1. The van der Waals surface area contributed by atoms with E-state index in [-0.39, 0.29) is 5.63 Å². The maximum atomic E-state index is 11.3. The molecule has 0 fully saturated rings. The van der Waals surface area contributed by atoms with Gasteiger partial charge >= 0.3 is 5.63 Å². The highest BCUT2D eigenvalue weighted by Crippen LogP contribution is 2.28. The molecule has 0 atom stereocenters. The molecule has 0 aliphatic heterocycles. The van der Waals surface area contributed by atoms with Crippen LogP contribution >= 0.6 is 0 Å². The highest BCUT2D eigenvalue weighted by atomic mass is 16.4. The van der Waals surface area contributed by atoms with E-state index in [1.165, 1.54) is 17.2 Å². The molecule has 0 spiro atoms. The monoisotopic (exact) mass is 272 g/mol. The van der Waals surface area contributed by atoms with Crippen molar-refractivity contribution in [2.75, 3.05) is 0 Å². The van der Waals surface area contributed by atoms with Gasteiger partial charge in [0.1, 0.15) is 5.58 Å². The van der Waals surface area contributed by atoms with Crippen LogP contribution in [0.3, 0.4) is 0 Å².